The highest BCUT2D eigenvalue weighted by molar-refractivity contribution is 6.11. The molecule has 7 aromatic carbocycles. The summed E-state index contributed by atoms with van der Waals surface area (Å²) in [5.41, 5.74) is 18.9. The SMILES string of the molecule is Cc1cc(C)c(-c2ccc3c4ccc(-c5c(C)cc(C)cc5C)cc4n(-c4cccc(-c5nc(-c6ccccc6)nc(-c6ccccc6)n5)c4)c3c2)c(C)c1. The molecule has 55 heavy (non-hydrogen) atoms. The van der Waals surface area contributed by atoms with Crippen LogP contribution < -0.4 is 0 Å². The molecule has 0 atom stereocenters. The van der Waals surface area contributed by atoms with E-state index in [1.165, 1.54) is 66.4 Å². The van der Waals surface area contributed by atoms with E-state index in [0.29, 0.717) is 17.5 Å². The number of aryl methyl sites for hydroxylation is 6. The van der Waals surface area contributed by atoms with E-state index in [-0.39, 0.29) is 0 Å². The van der Waals surface area contributed by atoms with Crippen molar-refractivity contribution in [2.75, 3.05) is 0 Å². The van der Waals surface area contributed by atoms with Gasteiger partial charge in [0.1, 0.15) is 0 Å². The Balaban J connectivity index is 1.30. The minimum Gasteiger partial charge on any atom is -0.309 e. The number of rotatable bonds is 6. The first-order valence-corrected chi connectivity index (χ1v) is 18.9. The van der Waals surface area contributed by atoms with Gasteiger partial charge in [-0.05, 0) is 110 Å². The normalized spacial score (nSPS) is 11.5. The van der Waals surface area contributed by atoms with Gasteiger partial charge in [0.2, 0.25) is 0 Å². The summed E-state index contributed by atoms with van der Waals surface area (Å²) in [6, 6.07) is 52.0. The lowest BCUT2D eigenvalue weighted by molar-refractivity contribution is 1.07. The molecule has 0 aliphatic carbocycles. The summed E-state index contributed by atoms with van der Waals surface area (Å²) in [7, 11) is 0. The molecule has 0 amide bonds. The van der Waals surface area contributed by atoms with Crippen LogP contribution >= 0.6 is 0 Å². The lowest BCUT2D eigenvalue weighted by Gasteiger charge is -2.15. The van der Waals surface area contributed by atoms with E-state index in [4.69, 9.17) is 15.0 Å². The first kappa shape index (κ1) is 34.1. The van der Waals surface area contributed by atoms with Gasteiger partial charge in [-0.15, -0.1) is 0 Å². The van der Waals surface area contributed by atoms with E-state index in [9.17, 15) is 0 Å². The number of hydrogen-bond donors (Lipinski definition) is 0. The van der Waals surface area contributed by atoms with Crippen LogP contribution in [0.2, 0.25) is 0 Å². The molecule has 4 nitrogen and oxygen atoms in total. The first-order chi connectivity index (χ1) is 26.7. The van der Waals surface area contributed by atoms with E-state index in [0.717, 1.165) is 33.4 Å². The van der Waals surface area contributed by atoms with Gasteiger partial charge in [0.05, 0.1) is 11.0 Å². The highest BCUT2D eigenvalue weighted by Gasteiger charge is 2.19. The third-order valence-electron chi connectivity index (χ3n) is 10.8. The molecule has 0 aliphatic heterocycles. The summed E-state index contributed by atoms with van der Waals surface area (Å²) in [4.78, 5) is 15.1. The number of benzene rings is 7. The van der Waals surface area contributed by atoms with Crippen molar-refractivity contribution in [2.24, 2.45) is 0 Å². The molecule has 2 heterocycles. The van der Waals surface area contributed by atoms with Crippen molar-refractivity contribution < 1.29 is 0 Å². The highest BCUT2D eigenvalue weighted by Crippen LogP contribution is 2.40. The molecule has 9 aromatic rings. The molecule has 0 N–H and O–H groups in total. The molecule has 0 spiro atoms. The van der Waals surface area contributed by atoms with Crippen molar-refractivity contribution in [2.45, 2.75) is 41.5 Å². The molecular formula is C51H42N4. The summed E-state index contributed by atoms with van der Waals surface area (Å²) in [5, 5.41) is 2.43. The van der Waals surface area contributed by atoms with Crippen LogP contribution in [0.3, 0.4) is 0 Å². The maximum Gasteiger partial charge on any atom is 0.164 e. The minimum atomic E-state index is 0.633. The largest absolute Gasteiger partial charge is 0.309 e. The molecule has 2 aromatic heterocycles. The number of aromatic nitrogens is 4. The molecule has 0 saturated carbocycles. The van der Waals surface area contributed by atoms with Gasteiger partial charge in [-0.3, -0.25) is 0 Å². The van der Waals surface area contributed by atoms with Crippen molar-refractivity contribution in [3.8, 4) is 62.1 Å². The molecule has 0 bridgehead atoms. The second-order valence-electron chi connectivity index (χ2n) is 14.9. The summed E-state index contributed by atoms with van der Waals surface area (Å²) in [5.74, 6) is 1.93. The van der Waals surface area contributed by atoms with Crippen LogP contribution in [0.15, 0.2) is 146 Å². The number of hydrogen-bond acceptors (Lipinski definition) is 3. The fourth-order valence-electron chi connectivity index (χ4n) is 8.60. The second kappa shape index (κ2) is 13.6. The van der Waals surface area contributed by atoms with E-state index in [2.05, 4.69) is 131 Å². The van der Waals surface area contributed by atoms with Gasteiger partial charge in [0, 0.05) is 33.2 Å². The average Bonchev–Trinajstić information content (AvgIpc) is 3.50. The quantitative estimate of drug-likeness (QED) is 0.173. The van der Waals surface area contributed by atoms with Gasteiger partial charge < -0.3 is 4.57 Å². The molecule has 0 unspecified atom stereocenters. The molecule has 0 fully saturated rings. The lowest BCUT2D eigenvalue weighted by atomic mass is 9.92. The Kier molecular flexibility index (Phi) is 8.47. The zero-order valence-corrected chi connectivity index (χ0v) is 32.1. The monoisotopic (exact) mass is 710 g/mol. The van der Waals surface area contributed by atoms with E-state index >= 15 is 0 Å². The van der Waals surface area contributed by atoms with Gasteiger partial charge in [0.25, 0.3) is 0 Å². The van der Waals surface area contributed by atoms with E-state index in [1.54, 1.807) is 0 Å². The molecular weight excluding hydrogens is 669 g/mol. The Bertz CT molecular complexity index is 2700. The van der Waals surface area contributed by atoms with Crippen LogP contribution in [-0.2, 0) is 0 Å². The second-order valence-corrected chi connectivity index (χ2v) is 14.9. The van der Waals surface area contributed by atoms with Crippen molar-refractivity contribution in [1.82, 2.24) is 19.5 Å². The van der Waals surface area contributed by atoms with E-state index in [1.807, 2.05) is 60.7 Å². The Morgan fingerprint density at radius 1 is 0.345 bits per heavy atom. The Labute approximate surface area is 322 Å². The number of fused-ring (bicyclic) bond motifs is 3. The maximum absolute atomic E-state index is 5.08. The number of nitrogens with zero attached hydrogens (tertiary/aromatic N) is 4. The Morgan fingerprint density at radius 2 is 0.745 bits per heavy atom. The molecule has 0 saturated heterocycles. The third-order valence-corrected chi connectivity index (χ3v) is 10.8. The molecule has 4 heteroatoms. The summed E-state index contributed by atoms with van der Waals surface area (Å²) < 4.78 is 2.43. The van der Waals surface area contributed by atoms with Crippen LogP contribution in [0.1, 0.15) is 33.4 Å². The van der Waals surface area contributed by atoms with Crippen LogP contribution in [-0.4, -0.2) is 19.5 Å². The minimum absolute atomic E-state index is 0.633. The highest BCUT2D eigenvalue weighted by atomic mass is 15.0. The zero-order chi connectivity index (χ0) is 37.8. The summed E-state index contributed by atoms with van der Waals surface area (Å²) in [6.07, 6.45) is 0. The fourth-order valence-corrected chi connectivity index (χ4v) is 8.60. The Morgan fingerprint density at radius 3 is 1.18 bits per heavy atom. The van der Waals surface area contributed by atoms with Gasteiger partial charge in [0.15, 0.2) is 17.5 Å². The predicted octanol–water partition coefficient (Wildman–Crippen LogP) is 13.2. The van der Waals surface area contributed by atoms with Crippen molar-refractivity contribution in [3.63, 3.8) is 0 Å². The summed E-state index contributed by atoms with van der Waals surface area (Å²) >= 11 is 0. The van der Waals surface area contributed by atoms with Crippen LogP contribution in [0.5, 0.6) is 0 Å². The van der Waals surface area contributed by atoms with Crippen molar-refractivity contribution in [1.29, 1.82) is 0 Å². The smallest absolute Gasteiger partial charge is 0.164 e. The molecule has 0 radical (unpaired) electrons. The van der Waals surface area contributed by atoms with E-state index < -0.39 is 0 Å². The van der Waals surface area contributed by atoms with Gasteiger partial charge in [-0.25, -0.2) is 15.0 Å². The van der Waals surface area contributed by atoms with Gasteiger partial charge in [-0.2, -0.15) is 0 Å². The van der Waals surface area contributed by atoms with Crippen LogP contribution in [0.4, 0.5) is 0 Å². The Hall–Kier alpha value is -6.65. The van der Waals surface area contributed by atoms with Gasteiger partial charge in [-0.1, -0.05) is 132 Å². The predicted molar refractivity (Wildman–Crippen MR) is 230 cm³/mol. The standard InChI is InChI=1S/C51H42N4/c1-31-24-33(3)47(34(4)25-31)39-20-22-43-44-23-21-40(48-35(5)26-32(2)27-36(48)6)30-46(44)55(45(43)29-39)42-19-13-18-41(28-42)51-53-49(37-14-9-7-10-15-37)52-50(54-51)38-16-11-8-12-17-38/h7-30H,1-6H3. The van der Waals surface area contributed by atoms with Gasteiger partial charge >= 0.3 is 0 Å². The molecule has 0 aliphatic rings. The van der Waals surface area contributed by atoms with Crippen LogP contribution in [0, 0.1) is 41.5 Å². The lowest BCUT2D eigenvalue weighted by Crippen LogP contribution is -2.01. The topological polar surface area (TPSA) is 43.6 Å². The van der Waals surface area contributed by atoms with Crippen LogP contribution in [0.25, 0.3) is 83.9 Å². The van der Waals surface area contributed by atoms with Crippen molar-refractivity contribution >= 4 is 21.8 Å². The zero-order valence-electron chi connectivity index (χ0n) is 32.1. The first-order valence-electron chi connectivity index (χ1n) is 18.9. The molecule has 266 valence electrons. The maximum atomic E-state index is 5.08. The average molecular weight is 711 g/mol. The fraction of sp³-hybridized carbons (Fsp3) is 0.118. The van der Waals surface area contributed by atoms with Crippen molar-refractivity contribution in [3.05, 3.63) is 179 Å². The summed E-state index contributed by atoms with van der Waals surface area (Å²) in [6.45, 7) is 13.2. The molecule has 9 rings (SSSR count). The third kappa shape index (κ3) is 6.20.